The molecule has 5 rings (SSSR count). The SMILES string of the molecule is CC#C[C@]1(O)CC[C@H]2[C@H]3CCC4=CC(=O)CCC4=C3[C@@H](c3ccc(NC)cc3)C[C@@]21C. The topological polar surface area (TPSA) is 49.3 Å². The summed E-state index contributed by atoms with van der Waals surface area (Å²) in [5.41, 5.74) is 5.61. The molecule has 2 saturated carbocycles. The van der Waals surface area contributed by atoms with Crippen LogP contribution in [0.1, 0.15) is 70.3 Å². The van der Waals surface area contributed by atoms with Gasteiger partial charge >= 0.3 is 0 Å². The van der Waals surface area contributed by atoms with Crippen molar-refractivity contribution < 1.29 is 9.90 Å². The van der Waals surface area contributed by atoms with Gasteiger partial charge in [-0.3, -0.25) is 4.79 Å². The quantitative estimate of drug-likeness (QED) is 0.638. The van der Waals surface area contributed by atoms with Gasteiger partial charge in [-0.05, 0) is 92.2 Å². The number of hydrogen-bond acceptors (Lipinski definition) is 3. The van der Waals surface area contributed by atoms with Crippen molar-refractivity contribution in [3.8, 4) is 11.8 Å². The summed E-state index contributed by atoms with van der Waals surface area (Å²) in [4.78, 5) is 12.1. The van der Waals surface area contributed by atoms with Gasteiger partial charge in [0.05, 0.1) is 0 Å². The zero-order valence-electron chi connectivity index (χ0n) is 18.9. The van der Waals surface area contributed by atoms with Crippen molar-refractivity contribution in [2.24, 2.45) is 17.3 Å². The average molecular weight is 416 g/mol. The summed E-state index contributed by atoms with van der Waals surface area (Å²) >= 11 is 0. The molecule has 162 valence electrons. The second-order valence-corrected chi connectivity index (χ2v) is 10.1. The van der Waals surface area contributed by atoms with Crippen molar-refractivity contribution in [3.05, 3.63) is 52.6 Å². The van der Waals surface area contributed by atoms with Crippen molar-refractivity contribution in [1.29, 1.82) is 0 Å². The Labute approximate surface area is 186 Å². The molecule has 0 unspecified atom stereocenters. The van der Waals surface area contributed by atoms with Gasteiger partial charge in [0, 0.05) is 30.5 Å². The fraction of sp³-hybridized carbons (Fsp3) is 0.536. The van der Waals surface area contributed by atoms with Crippen molar-refractivity contribution in [2.75, 3.05) is 12.4 Å². The third-order valence-electron chi connectivity index (χ3n) is 8.82. The molecule has 0 radical (unpaired) electrons. The van der Waals surface area contributed by atoms with Gasteiger partial charge in [0.2, 0.25) is 0 Å². The van der Waals surface area contributed by atoms with Crippen molar-refractivity contribution >= 4 is 11.5 Å². The standard InChI is InChI=1S/C28H33NO2/c1-4-14-28(31)15-13-25-23-11-7-19-16-21(30)10-12-22(19)26(23)24(17-27(25,28)2)18-5-8-20(29-3)9-6-18/h5-6,8-9,16,23-25,29,31H,7,10-13,15,17H2,1-3H3/t23-,24-,25+,27+,28+/m1/s1. The molecule has 4 aliphatic rings. The lowest BCUT2D eigenvalue weighted by Crippen LogP contribution is -2.51. The van der Waals surface area contributed by atoms with Crippen molar-refractivity contribution in [3.63, 3.8) is 0 Å². The van der Waals surface area contributed by atoms with Gasteiger partial charge in [0.15, 0.2) is 5.78 Å². The van der Waals surface area contributed by atoms with E-state index in [1.54, 1.807) is 5.57 Å². The Morgan fingerprint density at radius 1 is 1.13 bits per heavy atom. The van der Waals surface area contributed by atoms with Crippen molar-refractivity contribution in [1.82, 2.24) is 0 Å². The highest BCUT2D eigenvalue weighted by Gasteiger charge is 2.62. The first-order chi connectivity index (χ1) is 14.9. The minimum atomic E-state index is -0.912. The highest BCUT2D eigenvalue weighted by Crippen LogP contribution is 2.66. The third kappa shape index (κ3) is 3.03. The van der Waals surface area contributed by atoms with Crippen LogP contribution in [-0.4, -0.2) is 23.5 Å². The zero-order valence-corrected chi connectivity index (χ0v) is 18.9. The number of allylic oxidation sites excluding steroid dienone is 4. The van der Waals surface area contributed by atoms with Crippen LogP contribution in [-0.2, 0) is 4.79 Å². The van der Waals surface area contributed by atoms with Crippen LogP contribution in [0.2, 0.25) is 0 Å². The summed E-state index contributed by atoms with van der Waals surface area (Å²) in [6.07, 6.45) is 8.22. The van der Waals surface area contributed by atoms with Crippen LogP contribution >= 0.6 is 0 Å². The maximum Gasteiger partial charge on any atom is 0.156 e. The summed E-state index contributed by atoms with van der Waals surface area (Å²) in [7, 11) is 1.95. The number of anilines is 1. The molecule has 0 aromatic heterocycles. The third-order valence-corrected chi connectivity index (χ3v) is 8.82. The van der Waals surface area contributed by atoms with Gasteiger partial charge in [-0.15, -0.1) is 5.92 Å². The lowest BCUT2D eigenvalue weighted by Gasteiger charge is -2.53. The summed E-state index contributed by atoms with van der Waals surface area (Å²) in [5.74, 6) is 7.74. The van der Waals surface area contributed by atoms with Gasteiger partial charge in [-0.1, -0.05) is 30.6 Å². The molecule has 0 bridgehead atoms. The number of aliphatic hydroxyl groups is 1. The van der Waals surface area contributed by atoms with Gasteiger partial charge in [0.25, 0.3) is 0 Å². The average Bonchev–Trinajstić information content (AvgIpc) is 3.03. The molecule has 0 amide bonds. The molecule has 4 aliphatic carbocycles. The van der Waals surface area contributed by atoms with Crippen LogP contribution in [0, 0.1) is 29.1 Å². The number of carbonyl (C=O) groups excluding carboxylic acids is 1. The van der Waals surface area contributed by atoms with E-state index in [-0.39, 0.29) is 17.1 Å². The van der Waals surface area contributed by atoms with Crippen LogP contribution in [0.4, 0.5) is 5.69 Å². The number of hydrogen-bond donors (Lipinski definition) is 2. The summed E-state index contributed by atoms with van der Waals surface area (Å²) in [6, 6.07) is 8.80. The molecule has 0 spiro atoms. The minimum absolute atomic E-state index is 0.219. The zero-order chi connectivity index (χ0) is 21.8. The van der Waals surface area contributed by atoms with Crippen LogP contribution < -0.4 is 5.32 Å². The Morgan fingerprint density at radius 2 is 1.90 bits per heavy atom. The number of ketones is 1. The molecule has 2 N–H and O–H groups in total. The molecule has 0 saturated heterocycles. The van der Waals surface area contributed by atoms with E-state index < -0.39 is 5.60 Å². The predicted octanol–water partition coefficient (Wildman–Crippen LogP) is 5.38. The number of nitrogens with one attached hydrogen (secondary N) is 1. The van der Waals surface area contributed by atoms with Gasteiger partial charge in [-0.2, -0.15) is 0 Å². The van der Waals surface area contributed by atoms with Gasteiger partial charge < -0.3 is 10.4 Å². The summed E-state index contributed by atoms with van der Waals surface area (Å²) in [5, 5.41) is 14.9. The van der Waals surface area contributed by atoms with Crippen LogP contribution in [0.15, 0.2) is 47.1 Å². The highest BCUT2D eigenvalue weighted by atomic mass is 16.3. The molecule has 31 heavy (non-hydrogen) atoms. The predicted molar refractivity (Wildman–Crippen MR) is 125 cm³/mol. The highest BCUT2D eigenvalue weighted by molar-refractivity contribution is 5.93. The molecule has 2 fully saturated rings. The smallest absolute Gasteiger partial charge is 0.156 e. The van der Waals surface area contributed by atoms with E-state index in [4.69, 9.17) is 0 Å². The first-order valence-electron chi connectivity index (χ1n) is 11.8. The second-order valence-electron chi connectivity index (χ2n) is 10.1. The van der Waals surface area contributed by atoms with E-state index in [0.29, 0.717) is 18.3 Å². The fourth-order valence-corrected chi connectivity index (χ4v) is 7.26. The van der Waals surface area contributed by atoms with Gasteiger partial charge in [-0.25, -0.2) is 0 Å². The van der Waals surface area contributed by atoms with E-state index in [2.05, 4.69) is 48.3 Å². The maximum atomic E-state index is 12.1. The van der Waals surface area contributed by atoms with Gasteiger partial charge in [0.1, 0.15) is 5.60 Å². The molecule has 0 aliphatic heterocycles. The molecule has 3 heteroatoms. The van der Waals surface area contributed by atoms with E-state index in [0.717, 1.165) is 44.2 Å². The first-order valence-corrected chi connectivity index (χ1v) is 11.8. The fourth-order valence-electron chi connectivity index (χ4n) is 7.26. The van der Waals surface area contributed by atoms with Crippen LogP contribution in [0.3, 0.4) is 0 Å². The van der Waals surface area contributed by atoms with Crippen LogP contribution in [0.25, 0.3) is 0 Å². The number of rotatable bonds is 2. The maximum absolute atomic E-state index is 12.1. The normalized spacial score (nSPS) is 36.6. The molecular formula is C28H33NO2. The largest absolute Gasteiger partial charge is 0.388 e. The molecule has 5 atom stereocenters. The molecule has 3 nitrogen and oxygen atoms in total. The van der Waals surface area contributed by atoms with E-state index in [1.165, 1.54) is 16.7 Å². The first kappa shape index (κ1) is 20.6. The monoisotopic (exact) mass is 415 g/mol. The Kier molecular flexibility index (Phi) is 4.90. The Morgan fingerprint density at radius 3 is 2.61 bits per heavy atom. The Hall–Kier alpha value is -2.31. The summed E-state index contributed by atoms with van der Waals surface area (Å²) < 4.78 is 0. The molecule has 0 heterocycles. The van der Waals surface area contributed by atoms with E-state index >= 15 is 0 Å². The van der Waals surface area contributed by atoms with Crippen LogP contribution in [0.5, 0.6) is 0 Å². The second kappa shape index (κ2) is 7.38. The van der Waals surface area contributed by atoms with E-state index in [1.807, 2.05) is 20.0 Å². The number of benzene rings is 1. The Balaban J connectivity index is 1.68. The molecule has 1 aromatic carbocycles. The van der Waals surface area contributed by atoms with E-state index in [9.17, 15) is 9.90 Å². The molecule has 1 aromatic rings. The lowest BCUT2D eigenvalue weighted by atomic mass is 9.51. The molecular weight excluding hydrogens is 382 g/mol. The Bertz CT molecular complexity index is 1040. The number of carbonyl (C=O) groups is 1. The number of fused-ring (bicyclic) bond motifs is 4. The lowest BCUT2D eigenvalue weighted by molar-refractivity contribution is -0.114. The summed E-state index contributed by atoms with van der Waals surface area (Å²) in [6.45, 7) is 4.14. The minimum Gasteiger partial charge on any atom is -0.388 e. The van der Waals surface area contributed by atoms with Crippen molar-refractivity contribution in [2.45, 2.75) is 70.3 Å².